The molecule has 106 valence electrons. The molecule has 1 aliphatic heterocycles. The lowest BCUT2D eigenvalue weighted by Gasteiger charge is -2.29. The second-order valence-electron chi connectivity index (χ2n) is 4.32. The maximum absolute atomic E-state index is 13.2. The van der Waals surface area contributed by atoms with Gasteiger partial charge in [0.05, 0.1) is 6.04 Å². The Morgan fingerprint density at radius 2 is 2.05 bits per heavy atom. The van der Waals surface area contributed by atoms with E-state index >= 15 is 0 Å². The third kappa shape index (κ3) is 4.07. The van der Waals surface area contributed by atoms with E-state index in [2.05, 4.69) is 5.32 Å². The van der Waals surface area contributed by atoms with Crippen LogP contribution in [-0.2, 0) is 0 Å². The van der Waals surface area contributed by atoms with Crippen LogP contribution in [0.4, 0.5) is 17.7 Å². The first-order chi connectivity index (χ1) is 8.96. The normalized spacial score (nSPS) is 21.4. The highest BCUT2D eigenvalue weighted by Crippen LogP contribution is 2.28. The van der Waals surface area contributed by atoms with Gasteiger partial charge in [-0.2, -0.15) is 13.2 Å². The summed E-state index contributed by atoms with van der Waals surface area (Å²) < 4.78 is 54.5. The fourth-order valence-corrected chi connectivity index (χ4v) is 1.98. The van der Waals surface area contributed by atoms with E-state index in [-0.39, 0.29) is 24.9 Å². The number of rotatable bonds is 3. The van der Waals surface area contributed by atoms with Gasteiger partial charge >= 0.3 is 6.18 Å². The van der Waals surface area contributed by atoms with Crippen molar-refractivity contribution in [2.75, 3.05) is 26.2 Å². The second kappa shape index (κ2) is 5.75. The Hall–Kier alpha value is -1.34. The van der Waals surface area contributed by atoms with Crippen LogP contribution in [0.5, 0.6) is 5.75 Å². The smallest absolute Gasteiger partial charge is 0.422 e. The number of ether oxygens (including phenoxy) is 1. The Kier molecular flexibility index (Phi) is 4.26. The Balaban J connectivity index is 2.11. The van der Waals surface area contributed by atoms with Gasteiger partial charge in [0.15, 0.2) is 6.61 Å². The first-order valence-electron chi connectivity index (χ1n) is 5.88. The number of alkyl halides is 3. The zero-order valence-corrected chi connectivity index (χ0v) is 10.1. The monoisotopic (exact) mass is 278 g/mol. The van der Waals surface area contributed by atoms with Crippen LogP contribution >= 0.6 is 0 Å². The van der Waals surface area contributed by atoms with E-state index in [4.69, 9.17) is 4.74 Å². The summed E-state index contributed by atoms with van der Waals surface area (Å²) in [5.41, 5.74) is 0.536. The van der Waals surface area contributed by atoms with Gasteiger partial charge in [0.1, 0.15) is 5.75 Å². The molecule has 1 aromatic rings. The van der Waals surface area contributed by atoms with E-state index in [0.717, 1.165) is 0 Å². The number of nitrogens with zero attached hydrogens (tertiary/aromatic N) is 1. The molecule has 0 aliphatic carbocycles. The molecule has 1 saturated heterocycles. The lowest BCUT2D eigenvalue weighted by Crippen LogP contribution is -2.42. The van der Waals surface area contributed by atoms with Crippen molar-refractivity contribution in [1.82, 2.24) is 10.4 Å². The molecule has 0 aromatic heterocycles. The molecule has 0 saturated carbocycles. The Morgan fingerprint density at radius 3 is 2.74 bits per heavy atom. The van der Waals surface area contributed by atoms with Crippen molar-refractivity contribution in [3.63, 3.8) is 0 Å². The van der Waals surface area contributed by atoms with Gasteiger partial charge in [-0.3, -0.25) is 0 Å². The predicted molar refractivity (Wildman–Crippen MR) is 61.4 cm³/mol. The van der Waals surface area contributed by atoms with E-state index in [9.17, 15) is 17.7 Å². The van der Waals surface area contributed by atoms with Crippen molar-refractivity contribution >= 4 is 0 Å². The third-order valence-corrected chi connectivity index (χ3v) is 2.81. The summed E-state index contributed by atoms with van der Waals surface area (Å²) >= 11 is 0. The molecule has 1 aliphatic rings. The summed E-state index contributed by atoms with van der Waals surface area (Å²) in [6.45, 7) is -0.556. The molecule has 1 heterocycles. The Morgan fingerprint density at radius 1 is 1.32 bits per heavy atom. The maximum Gasteiger partial charge on any atom is 0.422 e. The number of halogens is 4. The number of hydrogen-bond acceptors (Lipinski definition) is 3. The van der Waals surface area contributed by atoms with Crippen molar-refractivity contribution in [3.05, 3.63) is 29.8 Å². The van der Waals surface area contributed by atoms with Crippen LogP contribution in [0.2, 0.25) is 0 Å². The van der Waals surface area contributed by atoms with E-state index < -0.39 is 12.8 Å². The summed E-state index contributed by atoms with van der Waals surface area (Å²) in [5.74, 6) is 0.132. The van der Waals surface area contributed by atoms with E-state index in [1.54, 1.807) is 18.2 Å². The molecule has 7 heteroatoms. The standard InChI is InChI=1S/C12H14F4N2O/c13-12(14,15)8-19-11-4-2-1-3-9(11)10-7-18(16)6-5-17-10/h1-4,10,17H,5-8H2. The molecule has 0 radical (unpaired) electrons. The summed E-state index contributed by atoms with van der Waals surface area (Å²) in [4.78, 5) is 0. The minimum atomic E-state index is -4.39. The molecular formula is C12H14F4N2O. The van der Waals surface area contributed by atoms with Crippen molar-refractivity contribution in [3.8, 4) is 5.75 Å². The average Bonchev–Trinajstić information content (AvgIpc) is 2.36. The molecule has 3 nitrogen and oxygen atoms in total. The molecule has 1 aromatic carbocycles. The molecule has 0 bridgehead atoms. The Bertz CT molecular complexity index is 424. The highest BCUT2D eigenvalue weighted by Gasteiger charge is 2.30. The largest absolute Gasteiger partial charge is 0.484 e. The highest BCUT2D eigenvalue weighted by molar-refractivity contribution is 5.36. The van der Waals surface area contributed by atoms with Crippen LogP contribution in [0.25, 0.3) is 0 Å². The number of piperazine rings is 1. The lowest BCUT2D eigenvalue weighted by molar-refractivity contribution is -0.153. The van der Waals surface area contributed by atoms with Crippen LogP contribution in [0.15, 0.2) is 24.3 Å². The van der Waals surface area contributed by atoms with Crippen LogP contribution < -0.4 is 10.1 Å². The maximum atomic E-state index is 13.2. The molecule has 0 spiro atoms. The number of para-hydroxylation sites is 1. The van der Waals surface area contributed by atoms with Gasteiger partial charge < -0.3 is 10.1 Å². The van der Waals surface area contributed by atoms with Crippen molar-refractivity contribution in [2.24, 2.45) is 0 Å². The first-order valence-corrected chi connectivity index (χ1v) is 5.88. The molecule has 1 atom stereocenters. The highest BCUT2D eigenvalue weighted by atomic mass is 19.4. The average molecular weight is 278 g/mol. The summed E-state index contributed by atoms with van der Waals surface area (Å²) in [7, 11) is 0. The topological polar surface area (TPSA) is 24.5 Å². The molecule has 1 fully saturated rings. The van der Waals surface area contributed by atoms with Gasteiger partial charge in [0, 0.05) is 25.2 Å². The minimum Gasteiger partial charge on any atom is -0.484 e. The second-order valence-corrected chi connectivity index (χ2v) is 4.32. The van der Waals surface area contributed by atoms with E-state index in [1.807, 2.05) is 0 Å². The van der Waals surface area contributed by atoms with Gasteiger partial charge in [-0.05, 0) is 6.07 Å². The first kappa shape index (κ1) is 14.1. The molecule has 0 amide bonds. The number of hydrogen-bond donors (Lipinski definition) is 1. The van der Waals surface area contributed by atoms with Crippen molar-refractivity contribution in [1.29, 1.82) is 0 Å². The third-order valence-electron chi connectivity index (χ3n) is 2.81. The van der Waals surface area contributed by atoms with Crippen molar-refractivity contribution in [2.45, 2.75) is 12.2 Å². The fraction of sp³-hybridized carbons (Fsp3) is 0.500. The summed E-state index contributed by atoms with van der Waals surface area (Å²) in [6.07, 6.45) is -4.39. The fourth-order valence-electron chi connectivity index (χ4n) is 1.98. The lowest BCUT2D eigenvalue weighted by atomic mass is 10.0. The zero-order chi connectivity index (χ0) is 13.9. The summed E-state index contributed by atoms with van der Waals surface area (Å²) in [6, 6.07) is 6.01. The number of benzene rings is 1. The Labute approximate surface area is 108 Å². The van der Waals surface area contributed by atoms with Crippen LogP contribution in [0.3, 0.4) is 0 Å². The van der Waals surface area contributed by atoms with Gasteiger partial charge in [-0.15, -0.1) is 9.60 Å². The molecular weight excluding hydrogens is 264 g/mol. The van der Waals surface area contributed by atoms with E-state index in [1.165, 1.54) is 6.07 Å². The number of nitrogens with one attached hydrogen (secondary N) is 1. The minimum absolute atomic E-state index is 0.0897. The van der Waals surface area contributed by atoms with Gasteiger partial charge in [-0.25, -0.2) is 0 Å². The molecule has 1 unspecified atom stereocenters. The SMILES string of the molecule is FN1CCNC(c2ccccc2OCC(F)(F)F)C1. The van der Waals surface area contributed by atoms with Crippen LogP contribution in [0, 0.1) is 0 Å². The van der Waals surface area contributed by atoms with E-state index in [0.29, 0.717) is 17.2 Å². The molecule has 2 rings (SSSR count). The van der Waals surface area contributed by atoms with Gasteiger partial charge in [0.2, 0.25) is 0 Å². The predicted octanol–water partition coefficient (Wildman–Crippen LogP) is 2.46. The van der Waals surface area contributed by atoms with Crippen LogP contribution in [-0.4, -0.2) is 37.5 Å². The summed E-state index contributed by atoms with van der Waals surface area (Å²) in [5, 5.41) is 3.70. The quantitative estimate of drug-likeness (QED) is 0.679. The van der Waals surface area contributed by atoms with Crippen molar-refractivity contribution < 1.29 is 22.4 Å². The van der Waals surface area contributed by atoms with Gasteiger partial charge in [0.25, 0.3) is 0 Å². The van der Waals surface area contributed by atoms with Gasteiger partial charge in [-0.1, -0.05) is 18.2 Å². The molecule has 19 heavy (non-hydrogen) atoms. The zero-order valence-electron chi connectivity index (χ0n) is 10.1. The van der Waals surface area contributed by atoms with Crippen LogP contribution in [0.1, 0.15) is 11.6 Å². The molecule has 1 N–H and O–H groups in total.